The molecule has 0 saturated carbocycles. The third kappa shape index (κ3) is 5.73. The highest BCUT2D eigenvalue weighted by atomic mass is 16.7. The van der Waals surface area contributed by atoms with Gasteiger partial charge in [-0.2, -0.15) is 0 Å². The Hall–Kier alpha value is -2.52. The van der Waals surface area contributed by atoms with Crippen molar-refractivity contribution < 1.29 is 19.3 Å². The molecule has 1 atom stereocenters. The lowest BCUT2D eigenvalue weighted by molar-refractivity contribution is 0.0243. The molecule has 1 aliphatic rings. The van der Waals surface area contributed by atoms with Crippen molar-refractivity contribution in [2.45, 2.75) is 26.1 Å². The largest absolute Gasteiger partial charge is 0.454 e. The second-order valence-corrected chi connectivity index (χ2v) is 6.72. The molecule has 3 rings (SSSR count). The predicted molar refractivity (Wildman–Crippen MR) is 104 cm³/mol. The summed E-state index contributed by atoms with van der Waals surface area (Å²) in [5, 5.41) is 10.3. The number of rotatable bonds is 9. The molecule has 0 fully saturated rings. The number of aryl methyl sites for hydroxylation is 1. The molecule has 5 heteroatoms. The molecule has 27 heavy (non-hydrogen) atoms. The van der Waals surface area contributed by atoms with E-state index in [0.717, 1.165) is 23.6 Å². The van der Waals surface area contributed by atoms with Crippen LogP contribution in [0.2, 0.25) is 0 Å². The first-order chi connectivity index (χ1) is 13.1. The van der Waals surface area contributed by atoms with Crippen molar-refractivity contribution in [3.8, 4) is 23.8 Å². The topological polar surface area (TPSA) is 51.2 Å². The summed E-state index contributed by atoms with van der Waals surface area (Å²) >= 11 is 0. The second-order valence-electron chi connectivity index (χ2n) is 6.72. The maximum Gasteiger partial charge on any atom is 0.231 e. The van der Waals surface area contributed by atoms with Gasteiger partial charge in [-0.05, 0) is 30.2 Å². The smallest absolute Gasteiger partial charge is 0.231 e. The fraction of sp³-hybridized carbons (Fsp3) is 0.364. The fourth-order valence-electron chi connectivity index (χ4n) is 3.04. The number of terminal acetylenes is 1. The van der Waals surface area contributed by atoms with Gasteiger partial charge in [-0.1, -0.05) is 41.8 Å². The molecule has 0 spiro atoms. The molecule has 0 radical (unpaired) electrons. The van der Waals surface area contributed by atoms with Crippen LogP contribution in [0.15, 0.2) is 42.5 Å². The van der Waals surface area contributed by atoms with E-state index in [1.807, 2.05) is 18.2 Å². The Morgan fingerprint density at radius 1 is 1.11 bits per heavy atom. The van der Waals surface area contributed by atoms with E-state index in [1.54, 1.807) is 0 Å². The molecule has 1 heterocycles. The molecule has 1 N–H and O–H groups in total. The van der Waals surface area contributed by atoms with Crippen LogP contribution >= 0.6 is 0 Å². The van der Waals surface area contributed by atoms with E-state index in [0.29, 0.717) is 13.1 Å². The second kappa shape index (κ2) is 9.43. The number of benzene rings is 2. The van der Waals surface area contributed by atoms with E-state index in [-0.39, 0.29) is 20.0 Å². The minimum atomic E-state index is -0.613. The van der Waals surface area contributed by atoms with Gasteiger partial charge in [0.25, 0.3) is 0 Å². The maximum atomic E-state index is 10.3. The molecule has 2 aromatic rings. The number of nitrogens with zero attached hydrogens (tertiary/aromatic N) is 1. The lowest BCUT2D eigenvalue weighted by Crippen LogP contribution is -2.34. The van der Waals surface area contributed by atoms with Crippen LogP contribution in [0.4, 0.5) is 0 Å². The van der Waals surface area contributed by atoms with Gasteiger partial charge in [-0.3, -0.25) is 4.90 Å². The predicted octanol–water partition coefficient (Wildman–Crippen LogP) is 2.74. The molecular weight excluding hydrogens is 342 g/mol. The van der Waals surface area contributed by atoms with E-state index >= 15 is 0 Å². The number of ether oxygens (including phenoxy) is 3. The molecule has 0 aromatic heterocycles. The van der Waals surface area contributed by atoms with E-state index < -0.39 is 6.10 Å². The number of fused-ring (bicyclic) bond motifs is 1. The average Bonchev–Trinajstić information content (AvgIpc) is 3.11. The Morgan fingerprint density at radius 3 is 2.59 bits per heavy atom. The Kier molecular flexibility index (Phi) is 6.72. The van der Waals surface area contributed by atoms with Crippen molar-refractivity contribution in [1.82, 2.24) is 4.90 Å². The highest BCUT2D eigenvalue weighted by molar-refractivity contribution is 5.44. The summed E-state index contributed by atoms with van der Waals surface area (Å²) < 4.78 is 16.1. The van der Waals surface area contributed by atoms with Crippen molar-refractivity contribution in [1.29, 1.82) is 0 Å². The van der Waals surface area contributed by atoms with Crippen molar-refractivity contribution in [2.75, 3.05) is 26.6 Å². The van der Waals surface area contributed by atoms with Crippen LogP contribution in [0.1, 0.15) is 16.7 Å². The Labute approximate surface area is 160 Å². The minimum Gasteiger partial charge on any atom is -0.454 e. The van der Waals surface area contributed by atoms with Crippen molar-refractivity contribution >= 4 is 0 Å². The summed E-state index contributed by atoms with van der Waals surface area (Å²) in [5.41, 5.74) is 3.52. The van der Waals surface area contributed by atoms with Crippen molar-refractivity contribution in [3.63, 3.8) is 0 Å². The molecule has 142 valence electrons. The van der Waals surface area contributed by atoms with Crippen LogP contribution in [0.25, 0.3) is 0 Å². The highest BCUT2D eigenvalue weighted by Crippen LogP contribution is 2.32. The Morgan fingerprint density at radius 2 is 1.81 bits per heavy atom. The number of aliphatic hydroxyl groups excluding tert-OH is 1. The van der Waals surface area contributed by atoms with Crippen LogP contribution in [0, 0.1) is 19.3 Å². The summed E-state index contributed by atoms with van der Waals surface area (Å²) in [5.74, 6) is 3.95. The van der Waals surface area contributed by atoms with Gasteiger partial charge < -0.3 is 19.3 Å². The van der Waals surface area contributed by atoms with Crippen LogP contribution in [0.5, 0.6) is 11.5 Å². The van der Waals surface area contributed by atoms with Crippen LogP contribution in [-0.4, -0.2) is 42.7 Å². The van der Waals surface area contributed by atoms with Crippen LogP contribution < -0.4 is 9.47 Å². The summed E-state index contributed by atoms with van der Waals surface area (Å²) in [6, 6.07) is 14.4. The monoisotopic (exact) mass is 367 g/mol. The Bertz CT molecular complexity index is 782. The zero-order valence-electron chi connectivity index (χ0n) is 15.6. The lowest BCUT2D eigenvalue weighted by Gasteiger charge is -2.25. The van der Waals surface area contributed by atoms with E-state index in [4.69, 9.17) is 20.6 Å². The first kappa shape index (κ1) is 19.2. The van der Waals surface area contributed by atoms with E-state index in [1.165, 1.54) is 11.1 Å². The van der Waals surface area contributed by atoms with Crippen LogP contribution in [0.3, 0.4) is 0 Å². The molecule has 1 aliphatic heterocycles. The third-order valence-corrected chi connectivity index (χ3v) is 4.33. The molecule has 0 saturated heterocycles. The molecule has 0 aliphatic carbocycles. The van der Waals surface area contributed by atoms with Gasteiger partial charge in [0.1, 0.15) is 6.61 Å². The van der Waals surface area contributed by atoms with Crippen molar-refractivity contribution in [2.24, 2.45) is 0 Å². The molecule has 0 unspecified atom stereocenters. The van der Waals surface area contributed by atoms with Gasteiger partial charge in [0, 0.05) is 19.6 Å². The van der Waals surface area contributed by atoms with Gasteiger partial charge >= 0.3 is 0 Å². The minimum absolute atomic E-state index is 0.206. The van der Waals surface area contributed by atoms with Gasteiger partial charge in [-0.15, -0.1) is 6.42 Å². The van der Waals surface area contributed by atoms with Gasteiger partial charge in [-0.25, -0.2) is 0 Å². The first-order valence-electron chi connectivity index (χ1n) is 9.00. The number of hydrogen-bond acceptors (Lipinski definition) is 5. The summed E-state index contributed by atoms with van der Waals surface area (Å²) in [7, 11) is 0. The normalized spacial score (nSPS) is 13.6. The number of hydrogen-bond donors (Lipinski definition) is 1. The molecule has 0 bridgehead atoms. The maximum absolute atomic E-state index is 10.3. The summed E-state index contributed by atoms with van der Waals surface area (Å²) in [6.07, 6.45) is 4.57. The molecular formula is C22H25NO4. The summed E-state index contributed by atoms with van der Waals surface area (Å²) in [4.78, 5) is 2.19. The number of aliphatic hydroxyl groups is 1. The molecule has 2 aromatic carbocycles. The summed E-state index contributed by atoms with van der Waals surface area (Å²) in [6.45, 7) is 4.63. The van der Waals surface area contributed by atoms with Gasteiger partial charge in [0.2, 0.25) is 6.79 Å². The average molecular weight is 367 g/mol. The highest BCUT2D eigenvalue weighted by Gasteiger charge is 2.17. The zero-order chi connectivity index (χ0) is 19.1. The van der Waals surface area contributed by atoms with Gasteiger partial charge in [0.15, 0.2) is 11.5 Å². The molecule has 0 amide bonds. The third-order valence-electron chi connectivity index (χ3n) is 4.33. The quantitative estimate of drug-likeness (QED) is 0.546. The lowest BCUT2D eigenvalue weighted by atomic mass is 10.1. The molecule has 5 nitrogen and oxygen atoms in total. The fourth-order valence-corrected chi connectivity index (χ4v) is 3.04. The SMILES string of the molecule is C#CCOC[C@@H](O)CN(Cc1ccc(C)cc1)Cc1ccc2c(c1)OCO2. The Balaban J connectivity index is 1.68. The first-order valence-corrected chi connectivity index (χ1v) is 9.00. The van der Waals surface area contributed by atoms with E-state index in [2.05, 4.69) is 42.0 Å². The van der Waals surface area contributed by atoms with Crippen LogP contribution in [-0.2, 0) is 17.8 Å². The standard InChI is InChI=1S/C22H25NO4/c1-3-10-25-15-20(24)14-23(12-18-6-4-17(2)5-7-18)13-19-8-9-21-22(11-19)27-16-26-21/h1,4-9,11,20,24H,10,12-16H2,2H3/t20-/m0/s1. The zero-order valence-corrected chi connectivity index (χ0v) is 15.6. The van der Waals surface area contributed by atoms with E-state index in [9.17, 15) is 5.11 Å². The van der Waals surface area contributed by atoms with Gasteiger partial charge in [0.05, 0.1) is 12.7 Å². The van der Waals surface area contributed by atoms with Crippen molar-refractivity contribution in [3.05, 3.63) is 59.2 Å².